The number of fused-ring (bicyclic) bond motifs is 2. The number of carboxylic acid groups (broad SMARTS) is 1. The van der Waals surface area contributed by atoms with Crippen LogP contribution in [0.15, 0.2) is 24.3 Å². The molecule has 18 heteroatoms. The van der Waals surface area contributed by atoms with Crippen LogP contribution in [0.3, 0.4) is 0 Å². The smallest absolute Gasteiger partial charge is 0.481 e. The van der Waals surface area contributed by atoms with E-state index in [0.29, 0.717) is 36.9 Å². The number of amides is 4. The van der Waals surface area contributed by atoms with E-state index in [2.05, 4.69) is 16.0 Å². The highest BCUT2D eigenvalue weighted by Crippen LogP contribution is 2.20. The summed E-state index contributed by atoms with van der Waals surface area (Å²) in [6.07, 6.45) is 1.30. The van der Waals surface area contributed by atoms with Gasteiger partial charge in [0.2, 0.25) is 11.8 Å². The Balaban J connectivity index is 1.24. The Morgan fingerprint density at radius 2 is 1.37 bits per heavy atom. The first-order chi connectivity index (χ1) is 23.3. The Morgan fingerprint density at radius 1 is 0.857 bits per heavy atom. The van der Waals surface area contributed by atoms with Gasteiger partial charge in [-0.1, -0.05) is 25.5 Å². The first-order valence-electron chi connectivity index (χ1n) is 16.0. The summed E-state index contributed by atoms with van der Waals surface area (Å²) < 4.78 is 40.6. The maximum Gasteiger partial charge on any atom is 0.494 e. The van der Waals surface area contributed by atoms with Crippen molar-refractivity contribution < 1.29 is 57.2 Å². The lowest BCUT2D eigenvalue weighted by molar-refractivity contribution is -0.141. The zero-order valence-electron chi connectivity index (χ0n) is 26.7. The first kappa shape index (κ1) is 35.9. The van der Waals surface area contributed by atoms with Crippen LogP contribution in [0.25, 0.3) is 0 Å². The van der Waals surface area contributed by atoms with Gasteiger partial charge >= 0.3 is 20.2 Å². The Morgan fingerprint density at radius 3 is 1.86 bits per heavy atom. The molecular formula is C31H36B2F2N4O10. The number of hydrogen-bond donors (Lipinski definition) is 6. The first-order valence-corrected chi connectivity index (χ1v) is 16.0. The predicted molar refractivity (Wildman–Crippen MR) is 170 cm³/mol. The number of carbonyl (C=O) groups excluding carboxylic acids is 4. The van der Waals surface area contributed by atoms with Crippen LogP contribution in [-0.2, 0) is 36.9 Å². The van der Waals surface area contributed by atoms with Gasteiger partial charge < -0.3 is 45.3 Å². The van der Waals surface area contributed by atoms with Gasteiger partial charge in [0, 0.05) is 43.4 Å². The van der Waals surface area contributed by atoms with E-state index in [1.807, 2.05) is 0 Å². The number of carboxylic acids is 1. The molecule has 0 aromatic heterocycles. The fourth-order valence-corrected chi connectivity index (χ4v) is 6.09. The molecule has 3 aliphatic rings. The zero-order valence-corrected chi connectivity index (χ0v) is 26.7. The van der Waals surface area contributed by atoms with E-state index >= 15 is 8.78 Å². The molecule has 0 spiro atoms. The summed E-state index contributed by atoms with van der Waals surface area (Å²) >= 11 is 0. The minimum absolute atomic E-state index is 0.0321. The van der Waals surface area contributed by atoms with Crippen LogP contribution in [0.1, 0.15) is 70.9 Å². The van der Waals surface area contributed by atoms with Crippen LogP contribution in [-0.4, -0.2) is 95.6 Å². The van der Waals surface area contributed by atoms with Gasteiger partial charge in [0.05, 0.1) is 42.3 Å². The molecule has 260 valence electrons. The highest BCUT2D eigenvalue weighted by atomic mass is 19.1. The number of benzene rings is 2. The van der Waals surface area contributed by atoms with Gasteiger partial charge in [-0.3, -0.25) is 24.0 Å². The lowest BCUT2D eigenvalue weighted by atomic mass is 9.78. The van der Waals surface area contributed by atoms with E-state index in [1.165, 1.54) is 29.2 Å². The van der Waals surface area contributed by atoms with Crippen molar-refractivity contribution in [2.24, 2.45) is 5.92 Å². The summed E-state index contributed by atoms with van der Waals surface area (Å²) in [4.78, 5) is 64.3. The van der Waals surface area contributed by atoms with E-state index < -0.39 is 78.7 Å². The monoisotopic (exact) mass is 684 g/mol. The Bertz CT molecular complexity index is 1560. The molecule has 3 aliphatic heterocycles. The SMILES string of the molecule is C[C@@H](CCCCNC(=O)CCC(=O)N1C[C@@H](NC(=O)c2ccc3c(c2F)B(O)OC3)[C@H](NC(=O)c2ccc3c(c2F)B(O)OC3)C1)C(=O)O. The molecule has 4 amide bonds. The molecule has 0 bridgehead atoms. The molecule has 14 nitrogen and oxygen atoms in total. The number of aliphatic carboxylic acids is 1. The standard InChI is InChI=1S/C31H36B2F2N4O10/c1-16(31(44)45)4-2-3-11-36-23(40)9-10-24(41)39-12-21(37-29(42)19-7-5-17-14-48-32(46)25(17)27(19)34)22(13-39)38-30(43)20-8-6-18-15-49-33(47)26(18)28(20)35/h5-8,16,21-22,46-47H,2-4,9-15H2,1H3,(H,36,40)(H,37,42)(H,38,43)(H,44,45)/t16-,21+,22+/m0/s1. The minimum Gasteiger partial charge on any atom is -0.481 e. The third kappa shape index (κ3) is 8.09. The molecule has 2 aromatic carbocycles. The van der Waals surface area contributed by atoms with Gasteiger partial charge in [-0.2, -0.15) is 0 Å². The second-order valence-electron chi connectivity index (χ2n) is 12.4. The van der Waals surface area contributed by atoms with Crippen molar-refractivity contribution in [2.45, 2.75) is 64.3 Å². The quantitative estimate of drug-likeness (QED) is 0.111. The van der Waals surface area contributed by atoms with E-state index in [9.17, 15) is 34.0 Å². The summed E-state index contributed by atoms with van der Waals surface area (Å²) in [5.41, 5.74) is -0.350. The van der Waals surface area contributed by atoms with Crippen LogP contribution < -0.4 is 26.9 Å². The second-order valence-corrected chi connectivity index (χ2v) is 12.4. The molecule has 0 saturated carbocycles. The van der Waals surface area contributed by atoms with Crippen LogP contribution in [0, 0.1) is 17.6 Å². The van der Waals surface area contributed by atoms with Gasteiger partial charge in [0.15, 0.2) is 0 Å². The molecule has 6 N–H and O–H groups in total. The number of halogens is 2. The Labute approximate surface area is 280 Å². The fourth-order valence-electron chi connectivity index (χ4n) is 6.09. The predicted octanol–water partition coefficient (Wildman–Crippen LogP) is -1.07. The van der Waals surface area contributed by atoms with E-state index in [1.54, 1.807) is 6.92 Å². The van der Waals surface area contributed by atoms with E-state index in [-0.39, 0.29) is 56.0 Å². The number of carbonyl (C=O) groups is 5. The molecule has 1 fully saturated rings. The fraction of sp³-hybridized carbons (Fsp3) is 0.452. The van der Waals surface area contributed by atoms with Crippen LogP contribution in [0.5, 0.6) is 0 Å². The van der Waals surface area contributed by atoms with Crippen molar-refractivity contribution in [1.29, 1.82) is 0 Å². The van der Waals surface area contributed by atoms with E-state index in [4.69, 9.17) is 14.4 Å². The van der Waals surface area contributed by atoms with Crippen molar-refractivity contribution in [3.63, 3.8) is 0 Å². The molecular weight excluding hydrogens is 648 g/mol. The maximum atomic E-state index is 15.3. The Kier molecular flexibility index (Phi) is 11.3. The normalized spacial score (nSPS) is 18.6. The Hall–Kier alpha value is -4.38. The van der Waals surface area contributed by atoms with Crippen molar-refractivity contribution in [3.8, 4) is 0 Å². The number of hydrogen-bond acceptors (Lipinski definition) is 9. The van der Waals surface area contributed by atoms with Gasteiger partial charge in [-0.25, -0.2) is 8.78 Å². The number of rotatable bonds is 13. The molecule has 0 unspecified atom stereocenters. The number of nitrogens with zero attached hydrogens (tertiary/aromatic N) is 1. The summed E-state index contributed by atoms with van der Waals surface area (Å²) in [7, 11) is -3.09. The molecule has 2 aromatic rings. The summed E-state index contributed by atoms with van der Waals surface area (Å²) in [6, 6.07) is 3.42. The number of unbranched alkanes of at least 4 members (excludes halogenated alkanes) is 1. The maximum absolute atomic E-state index is 15.3. The molecule has 5 rings (SSSR count). The summed E-state index contributed by atoms with van der Waals surface area (Å²) in [5, 5.41) is 36.9. The molecule has 49 heavy (non-hydrogen) atoms. The number of likely N-dealkylation sites (tertiary alicyclic amines) is 1. The van der Waals surface area contributed by atoms with E-state index in [0.717, 1.165) is 0 Å². The minimum atomic E-state index is -1.54. The van der Waals surface area contributed by atoms with Crippen molar-refractivity contribution in [1.82, 2.24) is 20.9 Å². The third-order valence-corrected chi connectivity index (χ3v) is 9.00. The highest BCUT2D eigenvalue weighted by Gasteiger charge is 2.40. The highest BCUT2D eigenvalue weighted by molar-refractivity contribution is 6.62. The van der Waals surface area contributed by atoms with Gasteiger partial charge in [0.1, 0.15) is 11.6 Å². The third-order valence-electron chi connectivity index (χ3n) is 9.00. The van der Waals surface area contributed by atoms with Gasteiger partial charge in [-0.15, -0.1) is 0 Å². The molecule has 0 radical (unpaired) electrons. The molecule has 0 aliphatic carbocycles. The summed E-state index contributed by atoms with van der Waals surface area (Å²) in [6.45, 7) is 1.60. The van der Waals surface area contributed by atoms with Gasteiger partial charge in [0.25, 0.3) is 11.8 Å². The van der Waals surface area contributed by atoms with Crippen LogP contribution in [0.4, 0.5) is 8.78 Å². The topological polar surface area (TPSA) is 204 Å². The van der Waals surface area contributed by atoms with Crippen molar-refractivity contribution in [2.75, 3.05) is 19.6 Å². The molecule has 1 saturated heterocycles. The van der Waals surface area contributed by atoms with Crippen LogP contribution >= 0.6 is 0 Å². The average molecular weight is 684 g/mol. The van der Waals surface area contributed by atoms with Crippen molar-refractivity contribution >= 4 is 54.8 Å². The molecule has 3 heterocycles. The van der Waals surface area contributed by atoms with Crippen molar-refractivity contribution in [3.05, 3.63) is 58.2 Å². The second kappa shape index (κ2) is 15.4. The lowest BCUT2D eigenvalue weighted by Crippen LogP contribution is -2.51. The lowest BCUT2D eigenvalue weighted by Gasteiger charge is -2.21. The van der Waals surface area contributed by atoms with Crippen LogP contribution in [0.2, 0.25) is 0 Å². The average Bonchev–Trinajstić information content (AvgIpc) is 3.76. The van der Waals surface area contributed by atoms with Gasteiger partial charge in [-0.05, 0) is 36.1 Å². The largest absolute Gasteiger partial charge is 0.494 e. The number of nitrogens with one attached hydrogen (secondary N) is 3. The molecule has 3 atom stereocenters. The zero-order chi connectivity index (χ0) is 35.4. The summed E-state index contributed by atoms with van der Waals surface area (Å²) in [5.74, 6) is -5.95.